The van der Waals surface area contributed by atoms with Crippen LogP contribution in [0.15, 0.2) is 47.1 Å². The van der Waals surface area contributed by atoms with Crippen LogP contribution in [0.5, 0.6) is 5.75 Å². The highest BCUT2D eigenvalue weighted by Crippen LogP contribution is 2.33. The molecule has 0 aliphatic carbocycles. The molecule has 0 bridgehead atoms. The normalized spacial score (nSPS) is 12.0. The Hall–Kier alpha value is -3.07. The zero-order valence-electron chi connectivity index (χ0n) is 21.2. The van der Waals surface area contributed by atoms with Crippen molar-refractivity contribution in [2.75, 3.05) is 13.1 Å². The van der Waals surface area contributed by atoms with Crippen LogP contribution in [0.3, 0.4) is 0 Å². The predicted octanol–water partition coefficient (Wildman–Crippen LogP) is 6.41. The van der Waals surface area contributed by atoms with Crippen molar-refractivity contribution in [3.63, 3.8) is 0 Å². The molecule has 0 unspecified atom stereocenters. The monoisotopic (exact) mass is 544 g/mol. The summed E-state index contributed by atoms with van der Waals surface area (Å²) in [5.74, 6) is 0.487. The van der Waals surface area contributed by atoms with Crippen molar-refractivity contribution in [1.82, 2.24) is 20.0 Å². The molecule has 4 rings (SSSR count). The van der Waals surface area contributed by atoms with Gasteiger partial charge in [0.15, 0.2) is 0 Å². The third kappa shape index (κ3) is 6.63. The van der Waals surface area contributed by atoms with E-state index in [-0.39, 0.29) is 17.9 Å². The molecule has 10 heteroatoms. The average molecular weight is 545 g/mol. The molecule has 0 fully saturated rings. The summed E-state index contributed by atoms with van der Waals surface area (Å²) in [6, 6.07) is 11.5. The molecule has 0 aliphatic rings. The van der Waals surface area contributed by atoms with Crippen molar-refractivity contribution in [1.29, 1.82) is 0 Å². The fraction of sp³-hybridized carbons (Fsp3) is 0.370. The van der Waals surface area contributed by atoms with Gasteiger partial charge < -0.3 is 19.7 Å². The van der Waals surface area contributed by atoms with Crippen LogP contribution < -0.4 is 10.1 Å². The molecule has 0 atom stereocenters. The van der Waals surface area contributed by atoms with Gasteiger partial charge in [-0.3, -0.25) is 9.36 Å². The minimum absolute atomic E-state index is 0.0113. The van der Waals surface area contributed by atoms with Gasteiger partial charge in [0.2, 0.25) is 0 Å². The maximum atomic E-state index is 10.7. The van der Waals surface area contributed by atoms with Crippen LogP contribution in [-0.4, -0.2) is 45.0 Å². The topological polar surface area (TPSA) is 102 Å². The molecule has 2 N–H and O–H groups in total. The van der Waals surface area contributed by atoms with E-state index in [1.807, 2.05) is 26.0 Å². The fourth-order valence-electron chi connectivity index (χ4n) is 4.16. The van der Waals surface area contributed by atoms with E-state index in [2.05, 4.69) is 41.4 Å². The van der Waals surface area contributed by atoms with E-state index in [1.54, 1.807) is 22.9 Å². The number of benzene rings is 2. The molecule has 2 aromatic heterocycles. The van der Waals surface area contributed by atoms with Crippen LogP contribution in [0.25, 0.3) is 28.3 Å². The number of halogens is 2. The number of aromatic nitrogens is 3. The van der Waals surface area contributed by atoms with Crippen LogP contribution in [0, 0.1) is 5.41 Å². The third-order valence-corrected chi connectivity index (χ3v) is 6.39. The third-order valence-electron chi connectivity index (χ3n) is 5.79. The van der Waals surface area contributed by atoms with Crippen molar-refractivity contribution < 1.29 is 19.2 Å². The van der Waals surface area contributed by atoms with Crippen LogP contribution in [0.4, 0.5) is 0 Å². The Kier molecular flexibility index (Phi) is 8.11. The molecular weight excluding hydrogens is 515 g/mol. The number of carbonyl (C=O) groups is 1. The molecule has 0 saturated heterocycles. The lowest BCUT2D eigenvalue weighted by Gasteiger charge is -2.25. The standard InChI is InChI=1S/C27H30Cl2N4O4/c1-16(2)36-23-8-6-18(12-20(23)28)25-31-26(32-37-25)33-14-21(29)19-11-17(5-7-22(19)33)13-27(3,4)15-30-10-9-24(34)35/h5-8,11-12,14,16,30H,9-10,13,15H2,1-4H3,(H,34,35). The van der Waals surface area contributed by atoms with Gasteiger partial charge in [-0.25, -0.2) is 0 Å². The molecule has 0 spiro atoms. The quantitative estimate of drug-likeness (QED) is 0.210. The van der Waals surface area contributed by atoms with Gasteiger partial charge in [0.05, 0.1) is 28.1 Å². The maximum Gasteiger partial charge on any atom is 0.304 e. The molecule has 0 saturated carbocycles. The lowest BCUT2D eigenvalue weighted by Crippen LogP contribution is -2.32. The molecule has 37 heavy (non-hydrogen) atoms. The maximum absolute atomic E-state index is 10.7. The highest BCUT2D eigenvalue weighted by Gasteiger charge is 2.20. The number of carboxylic acids is 1. The Bertz CT molecular complexity index is 1410. The van der Waals surface area contributed by atoms with Gasteiger partial charge >= 0.3 is 5.97 Å². The van der Waals surface area contributed by atoms with E-state index in [4.69, 9.17) is 37.6 Å². The van der Waals surface area contributed by atoms with Gasteiger partial charge in [-0.05, 0) is 66.7 Å². The van der Waals surface area contributed by atoms with Crippen molar-refractivity contribution >= 4 is 40.1 Å². The second-order valence-electron chi connectivity index (χ2n) is 10.1. The first kappa shape index (κ1) is 27.0. The summed E-state index contributed by atoms with van der Waals surface area (Å²) >= 11 is 13.0. The summed E-state index contributed by atoms with van der Waals surface area (Å²) in [4.78, 5) is 15.3. The number of rotatable bonds is 11. The van der Waals surface area contributed by atoms with Gasteiger partial charge in [0.1, 0.15) is 5.75 Å². The Labute approximate surface area is 225 Å². The molecule has 0 aliphatic heterocycles. The molecule has 0 radical (unpaired) electrons. The first-order valence-corrected chi connectivity index (χ1v) is 12.8. The molecule has 2 aromatic carbocycles. The molecule has 4 aromatic rings. The molecule has 0 amide bonds. The Balaban J connectivity index is 1.53. The summed E-state index contributed by atoms with van der Waals surface area (Å²) in [7, 11) is 0. The minimum atomic E-state index is -0.804. The van der Waals surface area contributed by atoms with E-state index in [1.165, 1.54) is 0 Å². The van der Waals surface area contributed by atoms with E-state index >= 15 is 0 Å². The summed E-state index contributed by atoms with van der Waals surface area (Å²) in [5, 5.41) is 18.1. The van der Waals surface area contributed by atoms with Crippen LogP contribution in [0.1, 0.15) is 39.7 Å². The highest BCUT2D eigenvalue weighted by molar-refractivity contribution is 6.35. The van der Waals surface area contributed by atoms with Crippen LogP contribution in [-0.2, 0) is 11.2 Å². The number of nitrogens with one attached hydrogen (secondary N) is 1. The van der Waals surface area contributed by atoms with Gasteiger partial charge in [-0.15, -0.1) is 0 Å². The first-order chi connectivity index (χ1) is 17.5. The van der Waals surface area contributed by atoms with E-state index in [9.17, 15) is 4.79 Å². The van der Waals surface area contributed by atoms with Crippen LogP contribution in [0.2, 0.25) is 10.0 Å². The number of aliphatic carboxylic acids is 1. The molecule has 8 nitrogen and oxygen atoms in total. The Morgan fingerprint density at radius 2 is 1.97 bits per heavy atom. The second kappa shape index (κ2) is 11.1. The zero-order valence-corrected chi connectivity index (χ0v) is 22.7. The highest BCUT2D eigenvalue weighted by atomic mass is 35.5. The van der Waals surface area contributed by atoms with Gasteiger partial charge in [0, 0.05) is 30.2 Å². The Morgan fingerprint density at radius 3 is 2.68 bits per heavy atom. The second-order valence-corrected chi connectivity index (χ2v) is 10.9. The van der Waals surface area contributed by atoms with E-state index < -0.39 is 5.97 Å². The number of ether oxygens (including phenoxy) is 1. The smallest absolute Gasteiger partial charge is 0.304 e. The number of hydrogen-bond donors (Lipinski definition) is 2. The summed E-state index contributed by atoms with van der Waals surface area (Å²) in [5.41, 5.74) is 2.60. The van der Waals surface area contributed by atoms with Gasteiger partial charge in [-0.1, -0.05) is 43.1 Å². The Morgan fingerprint density at radius 1 is 1.19 bits per heavy atom. The number of fused-ring (bicyclic) bond motifs is 1. The summed E-state index contributed by atoms with van der Waals surface area (Å²) in [6.45, 7) is 9.31. The first-order valence-electron chi connectivity index (χ1n) is 12.0. The van der Waals surface area contributed by atoms with Crippen LogP contribution >= 0.6 is 23.2 Å². The fourth-order valence-corrected chi connectivity index (χ4v) is 4.64. The lowest BCUT2D eigenvalue weighted by molar-refractivity contribution is -0.136. The average Bonchev–Trinajstić information content (AvgIpc) is 3.42. The SMILES string of the molecule is CC(C)Oc1ccc(-c2nc(-n3cc(Cl)c4cc(CC(C)(C)CNCCC(=O)O)ccc43)no2)cc1Cl. The zero-order chi connectivity index (χ0) is 26.7. The van der Waals surface area contributed by atoms with Gasteiger partial charge in [-0.2, -0.15) is 4.98 Å². The number of nitrogens with zero attached hydrogens (tertiary/aromatic N) is 3. The van der Waals surface area contributed by atoms with E-state index in [0.717, 1.165) is 22.9 Å². The number of hydrogen-bond acceptors (Lipinski definition) is 6. The molecular formula is C27H30Cl2N4O4. The molecule has 196 valence electrons. The molecule has 2 heterocycles. The van der Waals surface area contributed by atoms with Crippen molar-refractivity contribution in [2.45, 2.75) is 46.6 Å². The largest absolute Gasteiger partial charge is 0.489 e. The van der Waals surface area contributed by atoms with Crippen molar-refractivity contribution in [3.05, 3.63) is 58.2 Å². The van der Waals surface area contributed by atoms with E-state index in [0.29, 0.717) is 46.3 Å². The number of carboxylic acid groups (broad SMARTS) is 1. The predicted molar refractivity (Wildman–Crippen MR) is 145 cm³/mol. The summed E-state index contributed by atoms with van der Waals surface area (Å²) < 4.78 is 13.0. The minimum Gasteiger partial charge on any atom is -0.489 e. The lowest BCUT2D eigenvalue weighted by atomic mass is 9.85. The summed E-state index contributed by atoms with van der Waals surface area (Å²) in [6.07, 6.45) is 2.69. The van der Waals surface area contributed by atoms with Crippen molar-refractivity contribution in [3.8, 4) is 23.2 Å². The van der Waals surface area contributed by atoms with Crippen molar-refractivity contribution in [2.24, 2.45) is 5.41 Å². The van der Waals surface area contributed by atoms with Gasteiger partial charge in [0.25, 0.3) is 11.8 Å².